The van der Waals surface area contributed by atoms with Crippen molar-refractivity contribution in [2.24, 2.45) is 0 Å². The average Bonchev–Trinajstić information content (AvgIpc) is 3.06. The van der Waals surface area contributed by atoms with Crippen LogP contribution in [-0.2, 0) is 9.59 Å². The Balaban J connectivity index is 1.78. The summed E-state index contributed by atoms with van der Waals surface area (Å²) in [6.07, 6.45) is 0.228. The highest BCUT2D eigenvalue weighted by molar-refractivity contribution is 7.14. The van der Waals surface area contributed by atoms with E-state index in [-0.39, 0.29) is 37.0 Å². The van der Waals surface area contributed by atoms with Crippen molar-refractivity contribution in [3.05, 3.63) is 46.2 Å². The molecule has 7 heteroatoms. The molecule has 0 aliphatic rings. The van der Waals surface area contributed by atoms with Crippen LogP contribution in [0.25, 0.3) is 0 Å². The molecule has 6 nitrogen and oxygen atoms in total. The number of nitrogens with one attached hydrogen (secondary N) is 1. The minimum Gasteiger partial charge on any atom is -0.497 e. The largest absolute Gasteiger partial charge is 0.497 e. The molecule has 2 amide bonds. The van der Waals surface area contributed by atoms with Gasteiger partial charge in [-0.15, -0.1) is 11.3 Å². The summed E-state index contributed by atoms with van der Waals surface area (Å²) in [6.45, 7) is 1.86. The number of ketones is 1. The molecular formula is C19H22N2O4S. The van der Waals surface area contributed by atoms with E-state index in [1.165, 1.54) is 16.2 Å². The molecule has 0 atom stereocenters. The second kappa shape index (κ2) is 9.15. The number of Topliss-reactive ketones (excluding diaryl/α,β-unsaturated/α-hetero) is 1. The van der Waals surface area contributed by atoms with Crippen LogP contribution >= 0.6 is 11.3 Å². The highest BCUT2D eigenvalue weighted by Gasteiger charge is 2.16. The van der Waals surface area contributed by atoms with Gasteiger partial charge in [-0.2, -0.15) is 0 Å². The lowest BCUT2D eigenvalue weighted by Crippen LogP contribution is -2.35. The van der Waals surface area contributed by atoms with E-state index in [0.29, 0.717) is 16.3 Å². The number of methoxy groups -OCH3 is 1. The molecule has 138 valence electrons. The summed E-state index contributed by atoms with van der Waals surface area (Å²) in [4.78, 5) is 39.3. The lowest BCUT2D eigenvalue weighted by atomic mass is 10.2. The molecule has 2 aromatic rings. The van der Waals surface area contributed by atoms with Crippen LogP contribution in [-0.4, -0.2) is 43.2 Å². The van der Waals surface area contributed by atoms with Crippen molar-refractivity contribution in [3.8, 4) is 5.75 Å². The fourth-order valence-electron chi connectivity index (χ4n) is 2.30. The Kier molecular flexibility index (Phi) is 6.91. The average molecular weight is 374 g/mol. The zero-order valence-electron chi connectivity index (χ0n) is 15.1. The van der Waals surface area contributed by atoms with Gasteiger partial charge in [0.2, 0.25) is 11.8 Å². The molecule has 0 unspecified atom stereocenters. The van der Waals surface area contributed by atoms with E-state index in [1.54, 1.807) is 44.5 Å². The number of anilines is 1. The predicted octanol–water partition coefficient (Wildman–Crippen LogP) is 3.13. The number of hydrogen-bond donors (Lipinski definition) is 1. The van der Waals surface area contributed by atoms with E-state index >= 15 is 0 Å². The Morgan fingerprint density at radius 1 is 1.08 bits per heavy atom. The molecule has 26 heavy (non-hydrogen) atoms. The minimum absolute atomic E-state index is 0.0486. The van der Waals surface area contributed by atoms with Crippen LogP contribution in [0.4, 0.5) is 5.69 Å². The topological polar surface area (TPSA) is 75.7 Å². The molecule has 0 radical (unpaired) electrons. The van der Waals surface area contributed by atoms with Gasteiger partial charge >= 0.3 is 0 Å². The number of benzene rings is 1. The first-order valence-electron chi connectivity index (χ1n) is 8.16. The first-order chi connectivity index (χ1) is 12.4. The Labute approximate surface area is 156 Å². The van der Waals surface area contributed by atoms with Crippen molar-refractivity contribution >= 4 is 34.6 Å². The number of likely N-dealkylation sites (N-methyl/N-ethyl adjacent to an activating group) is 1. The van der Waals surface area contributed by atoms with E-state index in [2.05, 4.69) is 5.32 Å². The summed E-state index contributed by atoms with van der Waals surface area (Å²) in [6, 6.07) is 10.6. The smallest absolute Gasteiger partial charge is 0.243 e. The van der Waals surface area contributed by atoms with E-state index < -0.39 is 0 Å². The van der Waals surface area contributed by atoms with Gasteiger partial charge in [0.15, 0.2) is 5.78 Å². The fraction of sp³-hybridized carbons (Fsp3) is 0.316. The van der Waals surface area contributed by atoms with Gasteiger partial charge in [-0.05, 0) is 43.3 Å². The Hall–Kier alpha value is -2.67. The van der Waals surface area contributed by atoms with Gasteiger partial charge in [0, 0.05) is 30.5 Å². The Bertz CT molecular complexity index is 783. The summed E-state index contributed by atoms with van der Waals surface area (Å²) in [5.41, 5.74) is 0.625. The molecular weight excluding hydrogens is 352 g/mol. The second-order valence-corrected chi connectivity index (χ2v) is 7.15. The molecule has 0 saturated heterocycles. The number of carbonyl (C=O) groups excluding carboxylic acids is 3. The van der Waals surface area contributed by atoms with Crippen LogP contribution in [0.5, 0.6) is 5.75 Å². The molecule has 1 aromatic carbocycles. The van der Waals surface area contributed by atoms with Crippen LogP contribution in [0, 0.1) is 6.92 Å². The molecule has 0 fully saturated rings. The first kappa shape index (κ1) is 19.7. The summed E-state index contributed by atoms with van der Waals surface area (Å²) < 4.78 is 5.06. The lowest BCUT2D eigenvalue weighted by molar-refractivity contribution is -0.133. The molecule has 0 bridgehead atoms. The third-order valence-electron chi connectivity index (χ3n) is 3.76. The van der Waals surface area contributed by atoms with Crippen LogP contribution in [0.1, 0.15) is 27.4 Å². The monoisotopic (exact) mass is 374 g/mol. The van der Waals surface area contributed by atoms with Gasteiger partial charge < -0.3 is 15.0 Å². The number of amides is 2. The van der Waals surface area contributed by atoms with Crippen LogP contribution < -0.4 is 10.1 Å². The van der Waals surface area contributed by atoms with Crippen LogP contribution in [0.3, 0.4) is 0 Å². The van der Waals surface area contributed by atoms with Crippen molar-refractivity contribution in [1.29, 1.82) is 0 Å². The molecule has 0 aliphatic heterocycles. The van der Waals surface area contributed by atoms with Gasteiger partial charge in [0.05, 0.1) is 18.5 Å². The van der Waals surface area contributed by atoms with E-state index in [9.17, 15) is 14.4 Å². The molecule has 2 rings (SSSR count). The number of carbonyl (C=O) groups is 3. The number of thiophene rings is 1. The molecule has 1 aromatic heterocycles. The fourth-order valence-corrected chi connectivity index (χ4v) is 3.13. The van der Waals surface area contributed by atoms with E-state index in [4.69, 9.17) is 4.74 Å². The van der Waals surface area contributed by atoms with E-state index in [0.717, 1.165) is 4.88 Å². The van der Waals surface area contributed by atoms with Crippen LogP contribution in [0.15, 0.2) is 36.4 Å². The standard InChI is InChI=1S/C19H22N2O4S/c1-13-4-10-17(26-13)16(22)9-11-19(24)21(2)12-18(23)20-14-5-7-15(25-3)8-6-14/h4-8,10H,9,11-12H2,1-3H3,(H,20,23). The third-order valence-corrected chi connectivity index (χ3v) is 4.80. The molecule has 0 saturated carbocycles. The third kappa shape index (κ3) is 5.70. The molecule has 1 N–H and O–H groups in total. The Morgan fingerprint density at radius 2 is 1.77 bits per heavy atom. The SMILES string of the molecule is COc1ccc(NC(=O)CN(C)C(=O)CCC(=O)c2ccc(C)s2)cc1. The maximum absolute atomic E-state index is 12.1. The normalized spacial score (nSPS) is 10.3. The van der Waals surface area contributed by atoms with Crippen molar-refractivity contribution in [3.63, 3.8) is 0 Å². The number of rotatable bonds is 8. The van der Waals surface area contributed by atoms with E-state index in [1.807, 2.05) is 13.0 Å². The number of hydrogen-bond acceptors (Lipinski definition) is 5. The molecule has 1 heterocycles. The Morgan fingerprint density at radius 3 is 2.35 bits per heavy atom. The number of ether oxygens (including phenoxy) is 1. The zero-order chi connectivity index (χ0) is 19.1. The highest BCUT2D eigenvalue weighted by Crippen LogP contribution is 2.18. The van der Waals surface area contributed by atoms with Crippen LogP contribution in [0.2, 0.25) is 0 Å². The van der Waals surface area contributed by atoms with Crippen molar-refractivity contribution in [2.45, 2.75) is 19.8 Å². The summed E-state index contributed by atoms with van der Waals surface area (Å²) in [7, 11) is 3.12. The molecule has 0 spiro atoms. The van der Waals surface area contributed by atoms with Crippen molar-refractivity contribution in [2.75, 3.05) is 26.0 Å². The zero-order valence-corrected chi connectivity index (χ0v) is 15.9. The predicted molar refractivity (Wildman–Crippen MR) is 102 cm³/mol. The molecule has 0 aliphatic carbocycles. The summed E-state index contributed by atoms with van der Waals surface area (Å²) >= 11 is 1.42. The maximum atomic E-state index is 12.1. The van der Waals surface area contributed by atoms with Gasteiger partial charge in [-0.1, -0.05) is 0 Å². The minimum atomic E-state index is -0.300. The van der Waals surface area contributed by atoms with Crippen molar-refractivity contribution in [1.82, 2.24) is 4.90 Å². The van der Waals surface area contributed by atoms with Gasteiger partial charge in [-0.3, -0.25) is 14.4 Å². The first-order valence-corrected chi connectivity index (χ1v) is 8.98. The van der Waals surface area contributed by atoms with Gasteiger partial charge in [0.1, 0.15) is 5.75 Å². The lowest BCUT2D eigenvalue weighted by Gasteiger charge is -2.16. The van der Waals surface area contributed by atoms with Crippen molar-refractivity contribution < 1.29 is 19.1 Å². The highest BCUT2D eigenvalue weighted by atomic mass is 32.1. The summed E-state index contributed by atoms with van der Waals surface area (Å²) in [5, 5.41) is 2.72. The summed E-state index contributed by atoms with van der Waals surface area (Å²) in [5.74, 6) is 0.108. The van der Waals surface area contributed by atoms with Gasteiger partial charge in [0.25, 0.3) is 0 Å². The quantitative estimate of drug-likeness (QED) is 0.721. The van der Waals surface area contributed by atoms with Gasteiger partial charge in [-0.25, -0.2) is 0 Å². The maximum Gasteiger partial charge on any atom is 0.243 e. The second-order valence-electron chi connectivity index (χ2n) is 5.86. The number of nitrogens with zero attached hydrogens (tertiary/aromatic N) is 1. The number of aryl methyl sites for hydroxylation is 1.